The molecule has 1 fully saturated rings. The molecule has 1 rings (SSSR count). The van der Waals surface area contributed by atoms with E-state index >= 15 is 0 Å². The maximum Gasteiger partial charge on any atom is 0.222 e. The summed E-state index contributed by atoms with van der Waals surface area (Å²) in [7, 11) is 1.72. The van der Waals surface area contributed by atoms with Crippen molar-refractivity contribution in [3.63, 3.8) is 0 Å². The quantitative estimate of drug-likeness (QED) is 0.644. The minimum Gasteiger partial charge on any atom is -0.359 e. The third-order valence-electron chi connectivity index (χ3n) is 2.77. The minimum absolute atomic E-state index is 0.205. The Morgan fingerprint density at radius 2 is 2.00 bits per heavy atom. The maximum atomic E-state index is 11.2. The molecule has 0 unspecified atom stereocenters. The standard InChI is InChI=1S/C9H17NO/c1-7(9(11)10-2)8-5-3-4-6-8/h7-8H,3-6H2,1-2H3,(H,10,11)/t7-/m0/s1. The SMILES string of the molecule is CNC(=O)[C@@H](C)C1CCCC1. The second kappa shape index (κ2) is 3.74. The van der Waals surface area contributed by atoms with Gasteiger partial charge >= 0.3 is 0 Å². The van der Waals surface area contributed by atoms with E-state index in [-0.39, 0.29) is 11.8 Å². The molecule has 0 bridgehead atoms. The molecule has 64 valence electrons. The third kappa shape index (κ3) is 1.95. The molecule has 2 nitrogen and oxygen atoms in total. The summed E-state index contributed by atoms with van der Waals surface area (Å²) in [6.45, 7) is 2.04. The minimum atomic E-state index is 0.205. The van der Waals surface area contributed by atoms with Gasteiger partial charge in [-0.2, -0.15) is 0 Å². The van der Waals surface area contributed by atoms with Crippen molar-refractivity contribution in [2.24, 2.45) is 11.8 Å². The highest BCUT2D eigenvalue weighted by Crippen LogP contribution is 2.30. The zero-order valence-corrected chi connectivity index (χ0v) is 7.39. The van der Waals surface area contributed by atoms with Crippen LogP contribution in [0.25, 0.3) is 0 Å². The van der Waals surface area contributed by atoms with Crippen molar-refractivity contribution in [3.8, 4) is 0 Å². The lowest BCUT2D eigenvalue weighted by Crippen LogP contribution is -2.29. The summed E-state index contributed by atoms with van der Waals surface area (Å²) < 4.78 is 0. The highest BCUT2D eigenvalue weighted by molar-refractivity contribution is 5.78. The number of rotatable bonds is 2. The molecule has 1 atom stereocenters. The van der Waals surface area contributed by atoms with Gasteiger partial charge in [-0.15, -0.1) is 0 Å². The monoisotopic (exact) mass is 155 g/mol. The number of carbonyl (C=O) groups excluding carboxylic acids is 1. The van der Waals surface area contributed by atoms with Crippen molar-refractivity contribution >= 4 is 5.91 Å². The Morgan fingerprint density at radius 1 is 1.45 bits per heavy atom. The molecule has 0 heterocycles. The van der Waals surface area contributed by atoms with E-state index in [1.54, 1.807) is 7.05 Å². The molecular weight excluding hydrogens is 138 g/mol. The molecule has 1 saturated carbocycles. The summed E-state index contributed by atoms with van der Waals surface area (Å²) in [4.78, 5) is 11.2. The molecule has 2 heteroatoms. The van der Waals surface area contributed by atoms with Crippen molar-refractivity contribution in [1.29, 1.82) is 0 Å². The zero-order chi connectivity index (χ0) is 8.27. The zero-order valence-electron chi connectivity index (χ0n) is 7.39. The second-order valence-electron chi connectivity index (χ2n) is 3.45. The van der Waals surface area contributed by atoms with Crippen molar-refractivity contribution in [3.05, 3.63) is 0 Å². The van der Waals surface area contributed by atoms with E-state index in [2.05, 4.69) is 5.32 Å². The first-order chi connectivity index (χ1) is 5.25. The van der Waals surface area contributed by atoms with E-state index in [1.165, 1.54) is 25.7 Å². The highest BCUT2D eigenvalue weighted by Gasteiger charge is 2.25. The Bertz CT molecular complexity index is 138. The van der Waals surface area contributed by atoms with Gasteiger partial charge in [-0.1, -0.05) is 19.8 Å². The lowest BCUT2D eigenvalue weighted by atomic mass is 9.92. The molecule has 1 aliphatic carbocycles. The van der Waals surface area contributed by atoms with E-state index < -0.39 is 0 Å². The maximum absolute atomic E-state index is 11.2. The van der Waals surface area contributed by atoms with Crippen molar-refractivity contribution < 1.29 is 4.79 Å². The van der Waals surface area contributed by atoms with Crippen LogP contribution in [0.15, 0.2) is 0 Å². The summed E-state index contributed by atoms with van der Waals surface area (Å²) in [5.74, 6) is 1.08. The van der Waals surface area contributed by atoms with Gasteiger partial charge in [0.15, 0.2) is 0 Å². The van der Waals surface area contributed by atoms with Crippen LogP contribution in [0.4, 0.5) is 0 Å². The second-order valence-corrected chi connectivity index (χ2v) is 3.45. The van der Waals surface area contributed by atoms with Crippen LogP contribution < -0.4 is 5.32 Å². The Labute approximate surface area is 68.4 Å². The van der Waals surface area contributed by atoms with E-state index in [9.17, 15) is 4.79 Å². The summed E-state index contributed by atoms with van der Waals surface area (Å²) in [6, 6.07) is 0. The van der Waals surface area contributed by atoms with Gasteiger partial charge in [-0.3, -0.25) is 4.79 Å². The van der Waals surface area contributed by atoms with Crippen LogP contribution in [-0.4, -0.2) is 13.0 Å². The van der Waals surface area contributed by atoms with Gasteiger partial charge in [0.2, 0.25) is 5.91 Å². The van der Waals surface area contributed by atoms with E-state index in [0.29, 0.717) is 5.92 Å². The summed E-state index contributed by atoms with van der Waals surface area (Å²) >= 11 is 0. The van der Waals surface area contributed by atoms with Crippen LogP contribution >= 0.6 is 0 Å². The fourth-order valence-corrected chi connectivity index (χ4v) is 1.90. The Morgan fingerprint density at radius 3 is 2.45 bits per heavy atom. The predicted molar refractivity (Wildman–Crippen MR) is 45.2 cm³/mol. The van der Waals surface area contributed by atoms with Gasteiger partial charge in [0.1, 0.15) is 0 Å². The fraction of sp³-hybridized carbons (Fsp3) is 0.889. The smallest absolute Gasteiger partial charge is 0.222 e. The molecule has 0 spiro atoms. The Kier molecular flexibility index (Phi) is 2.92. The van der Waals surface area contributed by atoms with Crippen LogP contribution in [0.3, 0.4) is 0 Å². The van der Waals surface area contributed by atoms with E-state index in [0.717, 1.165) is 0 Å². The van der Waals surface area contributed by atoms with Crippen LogP contribution in [-0.2, 0) is 4.79 Å². The molecule has 1 amide bonds. The number of amides is 1. The molecule has 0 radical (unpaired) electrons. The summed E-state index contributed by atoms with van der Waals surface area (Å²) in [5, 5.41) is 2.70. The normalized spacial score (nSPS) is 21.6. The van der Waals surface area contributed by atoms with Crippen LogP contribution in [0.2, 0.25) is 0 Å². The molecule has 11 heavy (non-hydrogen) atoms. The largest absolute Gasteiger partial charge is 0.359 e. The van der Waals surface area contributed by atoms with Gasteiger partial charge in [-0.05, 0) is 18.8 Å². The number of hydrogen-bond acceptors (Lipinski definition) is 1. The van der Waals surface area contributed by atoms with Gasteiger partial charge in [0, 0.05) is 13.0 Å². The van der Waals surface area contributed by atoms with Crippen LogP contribution in [0.5, 0.6) is 0 Å². The first-order valence-electron chi connectivity index (χ1n) is 4.47. The number of nitrogens with one attached hydrogen (secondary N) is 1. The molecule has 0 aromatic carbocycles. The molecule has 0 aliphatic heterocycles. The average Bonchev–Trinajstić information content (AvgIpc) is 2.53. The van der Waals surface area contributed by atoms with Crippen molar-refractivity contribution in [2.45, 2.75) is 32.6 Å². The van der Waals surface area contributed by atoms with Gasteiger partial charge in [-0.25, -0.2) is 0 Å². The highest BCUT2D eigenvalue weighted by atomic mass is 16.1. The Balaban J connectivity index is 2.39. The lowest BCUT2D eigenvalue weighted by Gasteiger charge is -2.16. The van der Waals surface area contributed by atoms with Gasteiger partial charge < -0.3 is 5.32 Å². The van der Waals surface area contributed by atoms with Gasteiger partial charge in [0.05, 0.1) is 0 Å². The summed E-state index contributed by atoms with van der Waals surface area (Å²) in [6.07, 6.45) is 5.11. The fourth-order valence-electron chi connectivity index (χ4n) is 1.90. The number of hydrogen-bond donors (Lipinski definition) is 1. The van der Waals surface area contributed by atoms with Crippen LogP contribution in [0.1, 0.15) is 32.6 Å². The van der Waals surface area contributed by atoms with Crippen molar-refractivity contribution in [2.75, 3.05) is 7.05 Å². The lowest BCUT2D eigenvalue weighted by molar-refractivity contribution is -0.125. The molecule has 0 saturated heterocycles. The average molecular weight is 155 g/mol. The van der Waals surface area contributed by atoms with Crippen LogP contribution in [0, 0.1) is 11.8 Å². The third-order valence-corrected chi connectivity index (χ3v) is 2.77. The molecule has 0 aromatic rings. The summed E-state index contributed by atoms with van der Waals surface area (Å²) in [5.41, 5.74) is 0. The van der Waals surface area contributed by atoms with E-state index in [4.69, 9.17) is 0 Å². The predicted octanol–water partition coefficient (Wildman–Crippen LogP) is 1.56. The Hall–Kier alpha value is -0.530. The molecule has 0 aromatic heterocycles. The molecular formula is C9H17NO. The molecule has 1 aliphatic rings. The molecule has 1 N–H and O–H groups in total. The first kappa shape index (κ1) is 8.57. The van der Waals surface area contributed by atoms with Crippen molar-refractivity contribution in [1.82, 2.24) is 5.32 Å². The number of carbonyl (C=O) groups is 1. The topological polar surface area (TPSA) is 29.1 Å². The van der Waals surface area contributed by atoms with E-state index in [1.807, 2.05) is 6.92 Å². The first-order valence-corrected chi connectivity index (χ1v) is 4.47. The van der Waals surface area contributed by atoms with Gasteiger partial charge in [0.25, 0.3) is 0 Å².